The monoisotopic (exact) mass is 491 g/mol. The van der Waals surface area contributed by atoms with E-state index < -0.39 is 0 Å². The molecule has 2 aromatic heterocycles. The molecule has 0 atom stereocenters. The van der Waals surface area contributed by atoms with Gasteiger partial charge in [-0.15, -0.1) is 5.10 Å². The minimum absolute atomic E-state index is 0.152. The van der Waals surface area contributed by atoms with Gasteiger partial charge in [-0.3, -0.25) is 4.79 Å². The zero-order chi connectivity index (χ0) is 25.1. The molecule has 0 aliphatic carbocycles. The third-order valence-electron chi connectivity index (χ3n) is 5.92. The first-order valence-electron chi connectivity index (χ1n) is 11.2. The van der Waals surface area contributed by atoms with Gasteiger partial charge in [-0.2, -0.15) is 4.98 Å². The summed E-state index contributed by atoms with van der Waals surface area (Å²) in [5.74, 6) is 1.68. The van der Waals surface area contributed by atoms with Crippen molar-refractivity contribution in [3.63, 3.8) is 0 Å². The molecule has 2 aromatic carbocycles. The Morgan fingerprint density at radius 2 is 1.83 bits per heavy atom. The van der Waals surface area contributed by atoms with Crippen molar-refractivity contribution in [3.05, 3.63) is 70.0 Å². The summed E-state index contributed by atoms with van der Waals surface area (Å²) < 4.78 is 12.3. The average molecular weight is 492 g/mol. The number of ether oxygens (including phenoxy) is 2. The van der Waals surface area contributed by atoms with Crippen molar-refractivity contribution in [2.45, 2.75) is 39.3 Å². The number of carbonyl (C=O) groups is 1. The van der Waals surface area contributed by atoms with Crippen molar-refractivity contribution in [2.24, 2.45) is 0 Å². The SMILES string of the molecule is COc1ccc(NC(=O)CSc2nc3nc(C)c(Cc4cc(C)ccc4C)c(C)n3n2)c(OC)c1. The first-order valence-corrected chi connectivity index (χ1v) is 12.2. The highest BCUT2D eigenvalue weighted by atomic mass is 32.2. The highest BCUT2D eigenvalue weighted by molar-refractivity contribution is 7.99. The average Bonchev–Trinajstić information content (AvgIpc) is 3.25. The predicted octanol–water partition coefficient (Wildman–Crippen LogP) is 4.70. The fourth-order valence-corrected chi connectivity index (χ4v) is 4.52. The highest BCUT2D eigenvalue weighted by Gasteiger charge is 2.16. The molecule has 0 unspecified atom stereocenters. The molecule has 35 heavy (non-hydrogen) atoms. The van der Waals surface area contributed by atoms with E-state index in [-0.39, 0.29) is 11.7 Å². The van der Waals surface area contributed by atoms with Crippen LogP contribution in [0.5, 0.6) is 11.5 Å². The molecule has 0 aliphatic rings. The number of benzene rings is 2. The molecule has 0 spiro atoms. The van der Waals surface area contributed by atoms with Gasteiger partial charge in [0, 0.05) is 23.9 Å². The Morgan fingerprint density at radius 1 is 1.03 bits per heavy atom. The van der Waals surface area contributed by atoms with E-state index in [9.17, 15) is 4.79 Å². The van der Waals surface area contributed by atoms with Crippen molar-refractivity contribution in [3.8, 4) is 11.5 Å². The fourth-order valence-electron chi connectivity index (χ4n) is 3.91. The number of fused-ring (bicyclic) bond motifs is 1. The molecule has 9 heteroatoms. The maximum Gasteiger partial charge on any atom is 0.253 e. The highest BCUT2D eigenvalue weighted by Crippen LogP contribution is 2.29. The second kappa shape index (κ2) is 10.4. The zero-order valence-electron chi connectivity index (χ0n) is 20.8. The summed E-state index contributed by atoms with van der Waals surface area (Å²) in [6, 6.07) is 11.7. The Labute approximate surface area is 209 Å². The van der Waals surface area contributed by atoms with Crippen LogP contribution in [0, 0.1) is 27.7 Å². The molecular formula is C26H29N5O3S. The van der Waals surface area contributed by atoms with E-state index in [1.165, 1.54) is 28.5 Å². The lowest BCUT2D eigenvalue weighted by Crippen LogP contribution is -2.14. The molecule has 2 heterocycles. The van der Waals surface area contributed by atoms with Crippen LogP contribution >= 0.6 is 11.8 Å². The Balaban J connectivity index is 1.50. The molecule has 8 nitrogen and oxygen atoms in total. The number of nitrogens with one attached hydrogen (secondary N) is 1. The van der Waals surface area contributed by atoms with Gasteiger partial charge < -0.3 is 14.8 Å². The van der Waals surface area contributed by atoms with Gasteiger partial charge in [0.1, 0.15) is 11.5 Å². The van der Waals surface area contributed by atoms with Crippen LogP contribution in [0.1, 0.15) is 33.6 Å². The van der Waals surface area contributed by atoms with Crippen LogP contribution in [0.2, 0.25) is 0 Å². The topological polar surface area (TPSA) is 90.6 Å². The van der Waals surface area contributed by atoms with Gasteiger partial charge in [-0.05, 0) is 56.5 Å². The van der Waals surface area contributed by atoms with E-state index in [4.69, 9.17) is 9.47 Å². The Kier molecular flexibility index (Phi) is 7.25. The molecule has 0 fully saturated rings. The molecule has 182 valence electrons. The number of hydrogen-bond donors (Lipinski definition) is 1. The molecule has 4 aromatic rings. The first kappa shape index (κ1) is 24.5. The molecule has 1 N–H and O–H groups in total. The Hall–Kier alpha value is -3.59. The number of anilines is 1. The van der Waals surface area contributed by atoms with Crippen molar-refractivity contribution in [1.82, 2.24) is 19.6 Å². The molecule has 0 aliphatic heterocycles. The lowest BCUT2D eigenvalue weighted by atomic mass is 9.97. The van der Waals surface area contributed by atoms with E-state index in [2.05, 4.69) is 52.4 Å². The predicted molar refractivity (Wildman–Crippen MR) is 138 cm³/mol. The van der Waals surface area contributed by atoms with Gasteiger partial charge in [0.15, 0.2) is 0 Å². The summed E-state index contributed by atoms with van der Waals surface area (Å²) in [5.41, 5.74) is 7.41. The van der Waals surface area contributed by atoms with E-state index >= 15 is 0 Å². The van der Waals surface area contributed by atoms with E-state index in [1.807, 2.05) is 13.8 Å². The molecule has 0 saturated carbocycles. The van der Waals surface area contributed by atoms with Gasteiger partial charge in [0.2, 0.25) is 11.1 Å². The summed E-state index contributed by atoms with van der Waals surface area (Å²) in [5, 5.41) is 7.98. The maximum atomic E-state index is 12.6. The van der Waals surface area contributed by atoms with Gasteiger partial charge >= 0.3 is 0 Å². The smallest absolute Gasteiger partial charge is 0.253 e. The van der Waals surface area contributed by atoms with Crippen LogP contribution in [0.3, 0.4) is 0 Å². The summed E-state index contributed by atoms with van der Waals surface area (Å²) in [6.07, 6.45) is 0.780. The van der Waals surface area contributed by atoms with Crippen LogP contribution in [-0.4, -0.2) is 45.5 Å². The van der Waals surface area contributed by atoms with Gasteiger partial charge in [0.25, 0.3) is 5.78 Å². The first-order chi connectivity index (χ1) is 16.8. The molecule has 0 bridgehead atoms. The zero-order valence-corrected chi connectivity index (χ0v) is 21.6. The number of methoxy groups -OCH3 is 2. The number of amides is 1. The summed E-state index contributed by atoms with van der Waals surface area (Å²) >= 11 is 1.26. The van der Waals surface area contributed by atoms with Crippen molar-refractivity contribution >= 4 is 29.1 Å². The van der Waals surface area contributed by atoms with Crippen LogP contribution in [-0.2, 0) is 11.2 Å². The molecule has 0 saturated heterocycles. The van der Waals surface area contributed by atoms with Crippen molar-refractivity contribution in [1.29, 1.82) is 0 Å². The minimum atomic E-state index is -0.186. The summed E-state index contributed by atoms with van der Waals surface area (Å²) in [4.78, 5) is 21.8. The number of aryl methyl sites for hydroxylation is 4. The van der Waals surface area contributed by atoms with Crippen molar-refractivity contribution < 1.29 is 14.3 Å². The minimum Gasteiger partial charge on any atom is -0.497 e. The summed E-state index contributed by atoms with van der Waals surface area (Å²) in [7, 11) is 3.13. The van der Waals surface area contributed by atoms with Crippen LogP contribution in [0.4, 0.5) is 5.69 Å². The lowest BCUT2D eigenvalue weighted by Gasteiger charge is -2.12. The number of hydrogen-bond acceptors (Lipinski definition) is 7. The van der Waals surface area contributed by atoms with Crippen molar-refractivity contribution in [2.75, 3.05) is 25.3 Å². The molecular weight excluding hydrogens is 462 g/mol. The Morgan fingerprint density at radius 3 is 2.57 bits per heavy atom. The van der Waals surface area contributed by atoms with Gasteiger partial charge in [-0.1, -0.05) is 35.5 Å². The molecule has 1 amide bonds. The molecule has 4 rings (SSSR count). The van der Waals surface area contributed by atoms with Crippen LogP contribution < -0.4 is 14.8 Å². The second-order valence-corrected chi connectivity index (χ2v) is 9.32. The summed E-state index contributed by atoms with van der Waals surface area (Å²) in [6.45, 7) is 8.27. The Bertz CT molecular complexity index is 1400. The number of thioether (sulfide) groups is 1. The third-order valence-corrected chi connectivity index (χ3v) is 6.75. The fraction of sp³-hybridized carbons (Fsp3) is 0.308. The number of aromatic nitrogens is 4. The standard InChI is InChI=1S/C26H29N5O3S/c1-15-7-8-16(2)19(11-15)12-21-17(3)27-25-29-26(30-31(25)18(21)4)35-14-24(32)28-22-10-9-20(33-5)13-23(22)34-6/h7-11,13H,12,14H2,1-6H3,(H,28,32). The number of rotatable bonds is 8. The number of nitrogens with zero attached hydrogens (tertiary/aromatic N) is 4. The van der Waals surface area contributed by atoms with Gasteiger partial charge in [-0.25, -0.2) is 9.50 Å². The lowest BCUT2D eigenvalue weighted by molar-refractivity contribution is -0.113. The van der Waals surface area contributed by atoms with E-state index in [0.29, 0.717) is 28.1 Å². The number of carbonyl (C=O) groups excluding carboxylic acids is 1. The normalized spacial score (nSPS) is 11.0. The van der Waals surface area contributed by atoms with Crippen LogP contribution in [0.25, 0.3) is 5.78 Å². The van der Waals surface area contributed by atoms with Crippen LogP contribution in [0.15, 0.2) is 41.6 Å². The van der Waals surface area contributed by atoms with Gasteiger partial charge in [0.05, 0.1) is 25.7 Å². The maximum absolute atomic E-state index is 12.6. The third kappa shape index (κ3) is 5.40. The van der Waals surface area contributed by atoms with E-state index in [1.54, 1.807) is 36.9 Å². The second-order valence-electron chi connectivity index (χ2n) is 8.38. The quantitative estimate of drug-likeness (QED) is 0.357. The molecule has 0 radical (unpaired) electrons. The van der Waals surface area contributed by atoms with E-state index in [0.717, 1.165) is 23.4 Å². The largest absolute Gasteiger partial charge is 0.497 e.